The van der Waals surface area contributed by atoms with Gasteiger partial charge in [0, 0.05) is 5.92 Å². The normalized spacial score (nSPS) is 18.5. The Morgan fingerprint density at radius 2 is 1.73 bits per heavy atom. The summed E-state index contributed by atoms with van der Waals surface area (Å²) in [5.41, 5.74) is 0. The summed E-state index contributed by atoms with van der Waals surface area (Å²) >= 11 is 0. The molecule has 1 nitrogen and oxygen atoms in total. The molecule has 1 heteroatoms. The zero-order valence-electron chi connectivity index (χ0n) is 8.09. The van der Waals surface area contributed by atoms with Gasteiger partial charge in [-0.25, -0.2) is 0 Å². The number of hydrogen-bond donors (Lipinski definition) is 0. The van der Waals surface area contributed by atoms with E-state index in [2.05, 4.69) is 26.8 Å². The second-order valence-corrected chi connectivity index (χ2v) is 3.63. The molecule has 0 heterocycles. The summed E-state index contributed by atoms with van der Waals surface area (Å²) in [6, 6.07) is 2.27. The van der Waals surface area contributed by atoms with Crippen LogP contribution in [0, 0.1) is 29.1 Å². The molecule has 0 amide bonds. The van der Waals surface area contributed by atoms with Crippen molar-refractivity contribution < 1.29 is 0 Å². The topological polar surface area (TPSA) is 23.8 Å². The molecule has 0 aromatic carbocycles. The van der Waals surface area contributed by atoms with Crippen LogP contribution in [0.4, 0.5) is 0 Å². The van der Waals surface area contributed by atoms with Crippen molar-refractivity contribution in [2.45, 2.75) is 40.5 Å². The quantitative estimate of drug-likeness (QED) is 0.608. The van der Waals surface area contributed by atoms with Gasteiger partial charge in [-0.05, 0) is 25.2 Å². The van der Waals surface area contributed by atoms with Crippen LogP contribution in [0.2, 0.25) is 0 Å². The van der Waals surface area contributed by atoms with Crippen molar-refractivity contribution >= 4 is 0 Å². The molecule has 0 fully saturated rings. The van der Waals surface area contributed by atoms with E-state index in [9.17, 15) is 0 Å². The third-order valence-corrected chi connectivity index (χ3v) is 2.56. The number of nitrogens with zero attached hydrogens (tertiary/aromatic N) is 1. The summed E-state index contributed by atoms with van der Waals surface area (Å²) in [6.45, 7) is 8.70. The summed E-state index contributed by atoms with van der Waals surface area (Å²) in [5.74, 6) is 1.67. The Bertz CT molecular complexity index is 134. The predicted octanol–water partition coefficient (Wildman–Crippen LogP) is 3.22. The average molecular weight is 153 g/mol. The smallest absolute Gasteiger partial charge is 0.0652 e. The van der Waals surface area contributed by atoms with Crippen LogP contribution in [0.1, 0.15) is 40.5 Å². The van der Waals surface area contributed by atoms with Crippen LogP contribution in [0.15, 0.2) is 0 Å². The van der Waals surface area contributed by atoms with Gasteiger partial charge >= 0.3 is 0 Å². The summed E-state index contributed by atoms with van der Waals surface area (Å²) in [5, 5.41) is 8.59. The first-order valence-corrected chi connectivity index (χ1v) is 4.51. The molecule has 1 unspecified atom stereocenters. The van der Waals surface area contributed by atoms with E-state index in [4.69, 9.17) is 5.26 Å². The van der Waals surface area contributed by atoms with E-state index in [0.717, 1.165) is 12.3 Å². The van der Waals surface area contributed by atoms with E-state index in [0.29, 0.717) is 5.92 Å². The van der Waals surface area contributed by atoms with Crippen LogP contribution >= 0.6 is 0 Å². The Labute approximate surface area is 70.4 Å². The zero-order chi connectivity index (χ0) is 8.85. The van der Waals surface area contributed by atoms with Crippen molar-refractivity contribution in [2.24, 2.45) is 17.8 Å². The first kappa shape index (κ1) is 10.5. The molecule has 3 atom stereocenters. The Morgan fingerprint density at radius 1 is 1.18 bits per heavy atom. The summed E-state index contributed by atoms with van der Waals surface area (Å²) in [7, 11) is 0. The third kappa shape index (κ3) is 4.03. The van der Waals surface area contributed by atoms with Crippen molar-refractivity contribution in [3.05, 3.63) is 0 Å². The minimum atomic E-state index is 0.221. The van der Waals surface area contributed by atoms with Gasteiger partial charge < -0.3 is 0 Å². The maximum absolute atomic E-state index is 8.59. The first-order valence-electron chi connectivity index (χ1n) is 4.51. The maximum Gasteiger partial charge on any atom is 0.0652 e. The fourth-order valence-corrected chi connectivity index (χ4v) is 1.25. The lowest BCUT2D eigenvalue weighted by atomic mass is 9.86. The van der Waals surface area contributed by atoms with Crippen LogP contribution in [0.3, 0.4) is 0 Å². The molecular weight excluding hydrogens is 134 g/mol. The predicted molar refractivity (Wildman–Crippen MR) is 48.0 cm³/mol. The molecule has 0 aliphatic heterocycles. The fraction of sp³-hybridized carbons (Fsp3) is 0.900. The van der Waals surface area contributed by atoms with Crippen LogP contribution in [0.25, 0.3) is 0 Å². The second-order valence-electron chi connectivity index (χ2n) is 3.63. The Morgan fingerprint density at radius 3 is 2.09 bits per heavy atom. The van der Waals surface area contributed by atoms with E-state index >= 15 is 0 Å². The van der Waals surface area contributed by atoms with Gasteiger partial charge in [-0.15, -0.1) is 0 Å². The van der Waals surface area contributed by atoms with Crippen molar-refractivity contribution in [1.82, 2.24) is 0 Å². The van der Waals surface area contributed by atoms with Crippen molar-refractivity contribution in [3.63, 3.8) is 0 Å². The second kappa shape index (κ2) is 5.18. The SMILES string of the molecule is CC[C@H](C)[C@H](C)CC(C)C#N. The van der Waals surface area contributed by atoms with Gasteiger partial charge in [0.25, 0.3) is 0 Å². The zero-order valence-corrected chi connectivity index (χ0v) is 8.09. The molecule has 0 aliphatic rings. The van der Waals surface area contributed by atoms with Crippen LogP contribution < -0.4 is 0 Å². The summed E-state index contributed by atoms with van der Waals surface area (Å²) in [4.78, 5) is 0. The van der Waals surface area contributed by atoms with Crippen molar-refractivity contribution in [1.29, 1.82) is 5.26 Å². The molecule has 0 aromatic heterocycles. The Kier molecular flexibility index (Phi) is 4.94. The molecule has 11 heavy (non-hydrogen) atoms. The minimum absolute atomic E-state index is 0.221. The highest BCUT2D eigenvalue weighted by Gasteiger charge is 2.12. The van der Waals surface area contributed by atoms with Gasteiger partial charge in [-0.3, -0.25) is 0 Å². The van der Waals surface area contributed by atoms with E-state index < -0.39 is 0 Å². The number of hydrogen-bond acceptors (Lipinski definition) is 1. The summed E-state index contributed by atoms with van der Waals surface area (Å²) in [6.07, 6.45) is 2.27. The van der Waals surface area contributed by atoms with E-state index in [1.807, 2.05) is 6.92 Å². The van der Waals surface area contributed by atoms with Crippen molar-refractivity contribution in [2.75, 3.05) is 0 Å². The molecule has 0 rings (SSSR count). The van der Waals surface area contributed by atoms with Gasteiger partial charge in [0.1, 0.15) is 0 Å². The van der Waals surface area contributed by atoms with E-state index in [-0.39, 0.29) is 5.92 Å². The maximum atomic E-state index is 8.59. The molecular formula is C10H19N. The van der Waals surface area contributed by atoms with E-state index in [1.165, 1.54) is 6.42 Å². The molecule has 0 saturated carbocycles. The van der Waals surface area contributed by atoms with Gasteiger partial charge in [-0.1, -0.05) is 27.2 Å². The molecule has 0 aliphatic carbocycles. The fourth-order valence-electron chi connectivity index (χ4n) is 1.25. The van der Waals surface area contributed by atoms with Gasteiger partial charge in [-0.2, -0.15) is 5.26 Å². The minimum Gasteiger partial charge on any atom is -0.198 e. The van der Waals surface area contributed by atoms with Crippen LogP contribution in [0.5, 0.6) is 0 Å². The van der Waals surface area contributed by atoms with E-state index in [1.54, 1.807) is 0 Å². The van der Waals surface area contributed by atoms with Gasteiger partial charge in [0.2, 0.25) is 0 Å². The lowest BCUT2D eigenvalue weighted by Gasteiger charge is -2.18. The van der Waals surface area contributed by atoms with Gasteiger partial charge in [0.15, 0.2) is 0 Å². The van der Waals surface area contributed by atoms with Crippen molar-refractivity contribution in [3.8, 4) is 6.07 Å². The molecule has 0 N–H and O–H groups in total. The highest BCUT2D eigenvalue weighted by atomic mass is 14.3. The lowest BCUT2D eigenvalue weighted by molar-refractivity contribution is 0.331. The monoisotopic (exact) mass is 153 g/mol. The Balaban J connectivity index is 3.69. The lowest BCUT2D eigenvalue weighted by Crippen LogP contribution is -2.10. The molecule has 0 radical (unpaired) electrons. The Hall–Kier alpha value is -0.510. The average Bonchev–Trinajstić information content (AvgIpc) is 2.02. The molecule has 0 bridgehead atoms. The largest absolute Gasteiger partial charge is 0.198 e. The van der Waals surface area contributed by atoms with Crippen LogP contribution in [-0.4, -0.2) is 0 Å². The number of nitriles is 1. The third-order valence-electron chi connectivity index (χ3n) is 2.56. The molecule has 0 aromatic rings. The van der Waals surface area contributed by atoms with Gasteiger partial charge in [0.05, 0.1) is 6.07 Å². The summed E-state index contributed by atoms with van der Waals surface area (Å²) < 4.78 is 0. The first-order chi connectivity index (χ1) is 5.11. The molecule has 0 saturated heterocycles. The molecule has 64 valence electrons. The van der Waals surface area contributed by atoms with Crippen LogP contribution in [-0.2, 0) is 0 Å². The standard InChI is InChI=1S/C10H19N/c1-5-9(3)10(4)6-8(2)7-11/h8-10H,5-6H2,1-4H3/t8?,9-,10+/m0/s1. The highest BCUT2D eigenvalue weighted by molar-refractivity contribution is 4.80. The highest BCUT2D eigenvalue weighted by Crippen LogP contribution is 2.21. The molecule has 0 spiro atoms. The number of rotatable bonds is 4.